The Morgan fingerprint density at radius 3 is 2.42 bits per heavy atom. The lowest BCUT2D eigenvalue weighted by Crippen LogP contribution is -2.53. The number of halogens is 1. The summed E-state index contributed by atoms with van der Waals surface area (Å²) in [4.78, 5) is 12.5. The minimum atomic E-state index is -0.374. The summed E-state index contributed by atoms with van der Waals surface area (Å²) in [7, 11) is 3.31. The van der Waals surface area contributed by atoms with Gasteiger partial charge in [-0.15, -0.1) is 12.4 Å². The number of carbonyl (C=O) groups excluding carboxylic acids is 1. The van der Waals surface area contributed by atoms with E-state index in [9.17, 15) is 4.79 Å². The van der Waals surface area contributed by atoms with Crippen LogP contribution in [0.2, 0.25) is 0 Å². The third-order valence-electron chi connectivity index (χ3n) is 3.66. The third-order valence-corrected chi connectivity index (χ3v) is 3.66. The Morgan fingerprint density at radius 1 is 1.32 bits per heavy atom. The van der Waals surface area contributed by atoms with Crippen molar-refractivity contribution in [2.45, 2.75) is 32.2 Å². The molecule has 1 unspecified atom stereocenters. The van der Waals surface area contributed by atoms with Crippen molar-refractivity contribution in [3.8, 4) is 0 Å². The van der Waals surface area contributed by atoms with Gasteiger partial charge < -0.3 is 20.1 Å². The van der Waals surface area contributed by atoms with Crippen LogP contribution in [-0.2, 0) is 14.3 Å². The first-order valence-corrected chi connectivity index (χ1v) is 6.68. The summed E-state index contributed by atoms with van der Waals surface area (Å²) < 4.78 is 10.4. The fourth-order valence-corrected chi connectivity index (χ4v) is 2.42. The molecule has 0 aromatic heterocycles. The topological polar surface area (TPSA) is 59.6 Å². The minimum absolute atomic E-state index is 0. The van der Waals surface area contributed by atoms with Gasteiger partial charge in [-0.05, 0) is 32.4 Å². The van der Waals surface area contributed by atoms with Crippen molar-refractivity contribution < 1.29 is 14.3 Å². The number of ether oxygens (including phenoxy) is 2. The molecule has 1 rings (SSSR count). The van der Waals surface area contributed by atoms with Gasteiger partial charge in [0.05, 0.1) is 24.7 Å². The highest BCUT2D eigenvalue weighted by atomic mass is 35.5. The number of methoxy groups -OCH3 is 2. The number of hydrogen-bond acceptors (Lipinski definition) is 4. The Kier molecular flexibility index (Phi) is 9.35. The smallest absolute Gasteiger partial charge is 0.228 e. The zero-order chi connectivity index (χ0) is 13.4. The van der Waals surface area contributed by atoms with Crippen molar-refractivity contribution in [3.63, 3.8) is 0 Å². The zero-order valence-electron chi connectivity index (χ0n) is 12.2. The highest BCUT2D eigenvalue weighted by Crippen LogP contribution is 2.29. The van der Waals surface area contributed by atoms with Gasteiger partial charge in [0, 0.05) is 14.2 Å². The van der Waals surface area contributed by atoms with Gasteiger partial charge in [-0.1, -0.05) is 6.92 Å². The highest BCUT2D eigenvalue weighted by Gasteiger charge is 2.40. The van der Waals surface area contributed by atoms with Crippen LogP contribution in [0.5, 0.6) is 0 Å². The van der Waals surface area contributed by atoms with E-state index < -0.39 is 0 Å². The average Bonchev–Trinajstić information content (AvgIpc) is 2.39. The molecule has 19 heavy (non-hydrogen) atoms. The van der Waals surface area contributed by atoms with Gasteiger partial charge in [-0.2, -0.15) is 0 Å². The first-order valence-electron chi connectivity index (χ1n) is 6.68. The van der Waals surface area contributed by atoms with Gasteiger partial charge in [0.2, 0.25) is 5.91 Å². The second-order valence-corrected chi connectivity index (χ2v) is 5.00. The van der Waals surface area contributed by atoms with Crippen molar-refractivity contribution in [3.05, 3.63) is 0 Å². The SMILES string of the molecule is CCC(COC)NC(=O)C1(COC)CCNCC1.Cl. The molecular formula is C13H27ClN2O3. The van der Waals surface area contributed by atoms with Gasteiger partial charge in [-0.25, -0.2) is 0 Å². The van der Waals surface area contributed by atoms with E-state index in [0.29, 0.717) is 13.2 Å². The first kappa shape index (κ1) is 18.6. The number of nitrogens with one attached hydrogen (secondary N) is 2. The minimum Gasteiger partial charge on any atom is -0.384 e. The average molecular weight is 295 g/mol. The molecule has 114 valence electrons. The van der Waals surface area contributed by atoms with Crippen LogP contribution in [0.25, 0.3) is 0 Å². The number of hydrogen-bond donors (Lipinski definition) is 2. The molecule has 1 aliphatic rings. The Balaban J connectivity index is 0.00000324. The first-order chi connectivity index (χ1) is 8.68. The molecule has 0 aromatic carbocycles. The van der Waals surface area contributed by atoms with E-state index in [0.717, 1.165) is 32.4 Å². The van der Waals surface area contributed by atoms with Crippen LogP contribution >= 0.6 is 12.4 Å². The lowest BCUT2D eigenvalue weighted by molar-refractivity contribution is -0.137. The van der Waals surface area contributed by atoms with E-state index in [1.165, 1.54) is 0 Å². The second-order valence-electron chi connectivity index (χ2n) is 5.00. The molecule has 0 spiro atoms. The summed E-state index contributed by atoms with van der Waals surface area (Å²) in [5, 5.41) is 6.38. The number of piperidine rings is 1. The monoisotopic (exact) mass is 294 g/mol. The van der Waals surface area contributed by atoms with Gasteiger partial charge in [0.15, 0.2) is 0 Å². The standard InChI is InChI=1S/C13H26N2O3.ClH/c1-4-11(9-17-2)15-12(16)13(10-18-3)5-7-14-8-6-13;/h11,14H,4-10H2,1-3H3,(H,15,16);1H. The van der Waals surface area contributed by atoms with E-state index >= 15 is 0 Å². The molecule has 0 aromatic rings. The molecule has 0 saturated carbocycles. The molecule has 1 atom stereocenters. The Bertz CT molecular complexity index is 253. The maximum atomic E-state index is 12.5. The quantitative estimate of drug-likeness (QED) is 0.734. The molecule has 0 radical (unpaired) electrons. The molecule has 0 aliphatic carbocycles. The molecule has 6 heteroatoms. The van der Waals surface area contributed by atoms with Crippen LogP contribution in [0.1, 0.15) is 26.2 Å². The Labute approximate surface area is 122 Å². The van der Waals surface area contributed by atoms with Crippen LogP contribution < -0.4 is 10.6 Å². The van der Waals surface area contributed by atoms with Gasteiger partial charge in [0.1, 0.15) is 0 Å². The van der Waals surface area contributed by atoms with Gasteiger partial charge in [-0.3, -0.25) is 4.79 Å². The van der Waals surface area contributed by atoms with Gasteiger partial charge in [0.25, 0.3) is 0 Å². The lowest BCUT2D eigenvalue weighted by Gasteiger charge is -2.36. The molecule has 1 amide bonds. The molecule has 2 N–H and O–H groups in total. The summed E-state index contributed by atoms with van der Waals surface area (Å²) in [5.41, 5.74) is -0.374. The van der Waals surface area contributed by atoms with Crippen LogP contribution in [-0.4, -0.2) is 52.5 Å². The molecule has 0 bridgehead atoms. The Morgan fingerprint density at radius 2 is 1.95 bits per heavy atom. The summed E-state index contributed by atoms with van der Waals surface area (Å²) in [5.74, 6) is 0.106. The van der Waals surface area contributed by atoms with Crippen molar-refractivity contribution >= 4 is 18.3 Å². The maximum Gasteiger partial charge on any atom is 0.228 e. The van der Waals surface area contributed by atoms with Crippen LogP contribution in [0, 0.1) is 5.41 Å². The van der Waals surface area contributed by atoms with E-state index in [-0.39, 0.29) is 29.8 Å². The highest BCUT2D eigenvalue weighted by molar-refractivity contribution is 5.85. The molecule has 1 fully saturated rings. The number of carbonyl (C=O) groups is 1. The summed E-state index contributed by atoms with van der Waals surface area (Å²) in [6, 6.07) is 0.0890. The predicted octanol–water partition coefficient (Wildman–Crippen LogP) is 0.966. The summed E-state index contributed by atoms with van der Waals surface area (Å²) >= 11 is 0. The molecule has 5 nitrogen and oxygen atoms in total. The van der Waals surface area contributed by atoms with Crippen LogP contribution in [0.4, 0.5) is 0 Å². The maximum absolute atomic E-state index is 12.5. The Hall–Kier alpha value is -0.360. The normalized spacial score (nSPS) is 19.3. The lowest BCUT2D eigenvalue weighted by atomic mass is 9.78. The van der Waals surface area contributed by atoms with Crippen LogP contribution in [0.15, 0.2) is 0 Å². The summed E-state index contributed by atoms with van der Waals surface area (Å²) in [6.45, 7) is 4.85. The van der Waals surface area contributed by atoms with Crippen LogP contribution in [0.3, 0.4) is 0 Å². The second kappa shape index (κ2) is 9.53. The van der Waals surface area contributed by atoms with Crippen molar-refractivity contribution in [2.24, 2.45) is 5.41 Å². The van der Waals surface area contributed by atoms with Crippen molar-refractivity contribution in [1.29, 1.82) is 0 Å². The third kappa shape index (κ3) is 5.26. The van der Waals surface area contributed by atoms with E-state index in [2.05, 4.69) is 17.6 Å². The molecule has 1 saturated heterocycles. The molecular weight excluding hydrogens is 268 g/mol. The largest absolute Gasteiger partial charge is 0.384 e. The van der Waals surface area contributed by atoms with Crippen molar-refractivity contribution in [1.82, 2.24) is 10.6 Å². The predicted molar refractivity (Wildman–Crippen MR) is 77.8 cm³/mol. The van der Waals surface area contributed by atoms with Gasteiger partial charge >= 0.3 is 0 Å². The van der Waals surface area contributed by atoms with E-state index in [1.807, 2.05) is 0 Å². The van der Waals surface area contributed by atoms with Crippen molar-refractivity contribution in [2.75, 3.05) is 40.5 Å². The number of amides is 1. The molecule has 1 aliphatic heterocycles. The number of rotatable bonds is 7. The fourth-order valence-electron chi connectivity index (χ4n) is 2.42. The zero-order valence-corrected chi connectivity index (χ0v) is 13.0. The fraction of sp³-hybridized carbons (Fsp3) is 0.923. The summed E-state index contributed by atoms with van der Waals surface area (Å²) in [6.07, 6.45) is 2.53. The van der Waals surface area contributed by atoms with E-state index in [1.54, 1.807) is 14.2 Å². The molecule has 1 heterocycles. The van der Waals surface area contributed by atoms with E-state index in [4.69, 9.17) is 9.47 Å².